The Balaban J connectivity index is 2.34. The summed E-state index contributed by atoms with van der Waals surface area (Å²) in [6.45, 7) is 1.94. The second-order valence-corrected chi connectivity index (χ2v) is 5.07. The molecule has 7 nitrogen and oxygen atoms in total. The lowest BCUT2D eigenvalue weighted by Crippen LogP contribution is -2.26. The predicted octanol–water partition coefficient (Wildman–Crippen LogP) is 0.855. The van der Waals surface area contributed by atoms with Crippen LogP contribution in [-0.4, -0.2) is 27.8 Å². The first-order valence-corrected chi connectivity index (χ1v) is 7.07. The summed E-state index contributed by atoms with van der Waals surface area (Å²) < 4.78 is 5.02. The highest BCUT2D eigenvalue weighted by molar-refractivity contribution is 8.00. The number of nitrogens with one attached hydrogen (secondary N) is 2. The van der Waals surface area contributed by atoms with Crippen molar-refractivity contribution >= 4 is 17.7 Å². The summed E-state index contributed by atoms with van der Waals surface area (Å²) in [4.78, 5) is 36.8. The van der Waals surface area contributed by atoms with Gasteiger partial charge < -0.3 is 4.74 Å². The van der Waals surface area contributed by atoms with E-state index in [1.165, 1.54) is 0 Å². The monoisotopic (exact) mass is 307 g/mol. The van der Waals surface area contributed by atoms with Gasteiger partial charge in [-0.05, 0) is 12.5 Å². The minimum atomic E-state index is -0.731. The summed E-state index contributed by atoms with van der Waals surface area (Å²) in [5, 5.41) is 5.06. The Morgan fingerprint density at radius 2 is 2.05 bits per heavy atom. The fourth-order valence-electron chi connectivity index (χ4n) is 1.63. The molecule has 0 aliphatic carbocycles. The highest BCUT2D eigenvalue weighted by Gasteiger charge is 2.25. The topological polar surface area (TPSA) is 105 Å². The molecule has 0 bridgehead atoms. The van der Waals surface area contributed by atoms with Gasteiger partial charge in [-0.25, -0.2) is 9.89 Å². The maximum absolute atomic E-state index is 12.1. The zero-order valence-electron chi connectivity index (χ0n) is 11.2. The van der Waals surface area contributed by atoms with Gasteiger partial charge in [0.25, 0.3) is 5.56 Å². The average molecular weight is 307 g/mol. The van der Waals surface area contributed by atoms with Crippen LogP contribution < -0.4 is 11.2 Å². The first-order valence-electron chi connectivity index (χ1n) is 6.19. The number of H-pyrrole nitrogens is 2. The maximum atomic E-state index is 12.1. The molecule has 21 heavy (non-hydrogen) atoms. The van der Waals surface area contributed by atoms with Gasteiger partial charge in [-0.3, -0.25) is 14.6 Å². The molecule has 2 N–H and O–H groups in total. The van der Waals surface area contributed by atoms with E-state index in [0.29, 0.717) is 5.56 Å². The molecule has 0 amide bonds. The Hall–Kier alpha value is -2.35. The van der Waals surface area contributed by atoms with Gasteiger partial charge in [0.1, 0.15) is 5.25 Å². The summed E-state index contributed by atoms with van der Waals surface area (Å²) >= 11 is 0.926. The molecule has 1 aromatic carbocycles. The van der Waals surface area contributed by atoms with Crippen molar-refractivity contribution < 1.29 is 9.53 Å². The minimum absolute atomic E-state index is 0.00324. The minimum Gasteiger partial charge on any atom is -0.465 e. The Kier molecular flexibility index (Phi) is 4.94. The number of benzene rings is 1. The molecule has 2 aromatic rings. The van der Waals surface area contributed by atoms with Crippen LogP contribution in [0.25, 0.3) is 0 Å². The highest BCUT2D eigenvalue weighted by atomic mass is 32.2. The number of ether oxygens (including phenoxy) is 1. The molecule has 1 atom stereocenters. The maximum Gasteiger partial charge on any atom is 0.342 e. The van der Waals surface area contributed by atoms with Gasteiger partial charge in [-0.15, -0.1) is 0 Å². The molecular formula is C13H13N3O4S. The molecule has 0 unspecified atom stereocenters. The van der Waals surface area contributed by atoms with Crippen LogP contribution >= 0.6 is 11.8 Å². The number of rotatable bonds is 5. The number of hydrogen-bond acceptors (Lipinski definition) is 6. The lowest BCUT2D eigenvalue weighted by Gasteiger charge is -2.14. The molecule has 0 saturated carbocycles. The Bertz CT molecular complexity index is 726. The molecule has 1 heterocycles. The van der Waals surface area contributed by atoms with Crippen LogP contribution in [0, 0.1) is 0 Å². The Morgan fingerprint density at radius 1 is 1.33 bits per heavy atom. The van der Waals surface area contributed by atoms with Crippen molar-refractivity contribution in [2.45, 2.75) is 17.2 Å². The smallest absolute Gasteiger partial charge is 0.342 e. The summed E-state index contributed by atoms with van der Waals surface area (Å²) in [5.41, 5.74) is -0.654. The fraction of sp³-hybridized carbons (Fsp3) is 0.231. The number of aromatic nitrogens is 3. The SMILES string of the molecule is CCOC(=O)[C@@H](Sc1n[nH]c(=O)[nH]c1=O)c1ccccc1. The molecular weight excluding hydrogens is 294 g/mol. The Labute approximate surface area is 123 Å². The molecule has 0 aliphatic rings. The predicted molar refractivity (Wildman–Crippen MR) is 77.2 cm³/mol. The number of aromatic amines is 2. The summed E-state index contributed by atoms with van der Waals surface area (Å²) in [5.74, 6) is -0.471. The first-order chi connectivity index (χ1) is 10.1. The van der Waals surface area contributed by atoms with Crippen LogP contribution in [0.5, 0.6) is 0 Å². The molecule has 1 aromatic heterocycles. The van der Waals surface area contributed by atoms with E-state index in [-0.39, 0.29) is 11.6 Å². The van der Waals surface area contributed by atoms with Crippen molar-refractivity contribution in [1.82, 2.24) is 15.2 Å². The van der Waals surface area contributed by atoms with Gasteiger partial charge in [-0.2, -0.15) is 5.10 Å². The van der Waals surface area contributed by atoms with Crippen molar-refractivity contribution in [3.63, 3.8) is 0 Å². The number of esters is 1. The second-order valence-electron chi connectivity index (χ2n) is 3.97. The highest BCUT2D eigenvalue weighted by Crippen LogP contribution is 2.33. The summed E-state index contributed by atoms with van der Waals surface area (Å²) in [6.07, 6.45) is 0. The van der Waals surface area contributed by atoms with Gasteiger partial charge in [0.2, 0.25) is 0 Å². The van der Waals surface area contributed by atoms with E-state index < -0.39 is 22.5 Å². The van der Waals surface area contributed by atoms with Crippen molar-refractivity contribution in [3.8, 4) is 0 Å². The third-order valence-electron chi connectivity index (χ3n) is 2.51. The third kappa shape index (κ3) is 3.82. The van der Waals surface area contributed by atoms with E-state index in [1.54, 1.807) is 31.2 Å². The second kappa shape index (κ2) is 6.89. The van der Waals surface area contributed by atoms with Crippen LogP contribution in [0.4, 0.5) is 0 Å². The fourth-order valence-corrected chi connectivity index (χ4v) is 2.56. The average Bonchev–Trinajstić information content (AvgIpc) is 2.47. The van der Waals surface area contributed by atoms with Crippen molar-refractivity contribution in [2.75, 3.05) is 6.61 Å². The van der Waals surface area contributed by atoms with Crippen LogP contribution in [0.1, 0.15) is 17.7 Å². The number of carbonyl (C=O) groups excluding carboxylic acids is 1. The van der Waals surface area contributed by atoms with E-state index in [1.807, 2.05) is 6.07 Å². The standard InChI is InChI=1S/C13H13N3O4S/c1-2-20-12(18)9(8-6-4-3-5-7-8)21-11-10(17)14-13(19)16-15-11/h3-7,9H,2H2,1H3,(H2,14,16,17,19)/t9-/m0/s1. The zero-order valence-corrected chi connectivity index (χ0v) is 12.0. The lowest BCUT2D eigenvalue weighted by atomic mass is 10.1. The number of carbonyl (C=O) groups is 1. The first kappa shape index (κ1) is 15.0. The van der Waals surface area contributed by atoms with Crippen molar-refractivity contribution in [3.05, 3.63) is 56.7 Å². The summed E-state index contributed by atoms with van der Waals surface area (Å²) in [7, 11) is 0. The van der Waals surface area contributed by atoms with E-state index >= 15 is 0 Å². The van der Waals surface area contributed by atoms with Crippen LogP contribution in [-0.2, 0) is 9.53 Å². The number of nitrogens with zero attached hydrogens (tertiary/aromatic N) is 1. The van der Waals surface area contributed by atoms with Gasteiger partial charge >= 0.3 is 11.7 Å². The van der Waals surface area contributed by atoms with Crippen molar-refractivity contribution in [1.29, 1.82) is 0 Å². The van der Waals surface area contributed by atoms with Crippen LogP contribution in [0.3, 0.4) is 0 Å². The molecule has 0 spiro atoms. The Morgan fingerprint density at radius 3 is 2.67 bits per heavy atom. The van der Waals surface area contributed by atoms with E-state index in [4.69, 9.17) is 4.74 Å². The van der Waals surface area contributed by atoms with Crippen molar-refractivity contribution in [2.24, 2.45) is 0 Å². The molecule has 110 valence electrons. The molecule has 8 heteroatoms. The summed E-state index contributed by atoms with van der Waals surface area (Å²) in [6, 6.07) is 8.91. The van der Waals surface area contributed by atoms with Gasteiger partial charge in [-0.1, -0.05) is 42.1 Å². The largest absolute Gasteiger partial charge is 0.465 e. The van der Waals surface area contributed by atoms with Gasteiger partial charge in [0, 0.05) is 0 Å². The van der Waals surface area contributed by atoms with Crippen LogP contribution in [0.15, 0.2) is 44.9 Å². The lowest BCUT2D eigenvalue weighted by molar-refractivity contribution is -0.142. The normalized spacial score (nSPS) is 11.9. The zero-order chi connectivity index (χ0) is 15.2. The third-order valence-corrected chi connectivity index (χ3v) is 3.71. The molecule has 2 rings (SSSR count). The van der Waals surface area contributed by atoms with Gasteiger partial charge in [0.05, 0.1) is 6.61 Å². The van der Waals surface area contributed by atoms with Gasteiger partial charge in [0.15, 0.2) is 5.03 Å². The molecule has 0 saturated heterocycles. The molecule has 0 fully saturated rings. The number of hydrogen-bond donors (Lipinski definition) is 2. The molecule has 0 aliphatic heterocycles. The van der Waals surface area contributed by atoms with E-state index in [2.05, 4.69) is 15.2 Å². The van der Waals surface area contributed by atoms with E-state index in [0.717, 1.165) is 11.8 Å². The number of thioether (sulfide) groups is 1. The van der Waals surface area contributed by atoms with E-state index in [9.17, 15) is 14.4 Å². The van der Waals surface area contributed by atoms with Crippen LogP contribution in [0.2, 0.25) is 0 Å². The quantitative estimate of drug-likeness (QED) is 0.627. The molecule has 0 radical (unpaired) electrons.